The Labute approximate surface area is 280 Å². The number of nitrogens with zero attached hydrogens (tertiary/aromatic N) is 2. The zero-order valence-electron chi connectivity index (χ0n) is 25.7. The Morgan fingerprint density at radius 1 is 0.826 bits per heavy atom. The highest BCUT2D eigenvalue weighted by molar-refractivity contribution is 7.92. The van der Waals surface area contributed by atoms with E-state index in [1.165, 1.54) is 4.90 Å². The summed E-state index contributed by atoms with van der Waals surface area (Å²) in [5, 5.41) is 3.56. The van der Waals surface area contributed by atoms with Gasteiger partial charge in [-0.05, 0) is 59.5 Å². The molecule has 4 aromatic rings. The number of anilines is 1. The van der Waals surface area contributed by atoms with E-state index in [1.54, 1.807) is 42.5 Å². The molecule has 2 amide bonds. The van der Waals surface area contributed by atoms with Crippen LogP contribution in [-0.2, 0) is 39.2 Å². The van der Waals surface area contributed by atoms with Gasteiger partial charge in [-0.25, -0.2) is 8.42 Å². The maximum absolute atomic E-state index is 14.2. The van der Waals surface area contributed by atoms with Crippen molar-refractivity contribution in [1.82, 2.24) is 10.2 Å². The van der Waals surface area contributed by atoms with Gasteiger partial charge in [0.05, 0.1) is 22.0 Å². The third kappa shape index (κ3) is 9.97. The van der Waals surface area contributed by atoms with Crippen LogP contribution in [0.3, 0.4) is 0 Å². The lowest BCUT2D eigenvalue weighted by Crippen LogP contribution is -2.53. The molecule has 0 bridgehead atoms. The van der Waals surface area contributed by atoms with E-state index < -0.39 is 28.5 Å². The number of carbonyl (C=O) groups is 2. The van der Waals surface area contributed by atoms with Crippen LogP contribution in [0.5, 0.6) is 5.75 Å². The molecule has 1 N–H and O–H groups in total. The van der Waals surface area contributed by atoms with E-state index in [1.807, 2.05) is 67.6 Å². The fourth-order valence-electron chi connectivity index (χ4n) is 4.82. The molecule has 0 saturated carbocycles. The van der Waals surface area contributed by atoms with Crippen LogP contribution in [0.25, 0.3) is 0 Å². The molecule has 0 heterocycles. The minimum absolute atomic E-state index is 0.00334. The minimum Gasteiger partial charge on any atom is -0.489 e. The lowest BCUT2D eigenvalue weighted by atomic mass is 10.0. The Balaban J connectivity index is 1.65. The highest BCUT2D eigenvalue weighted by Crippen LogP contribution is 2.26. The molecule has 0 aliphatic carbocycles. The van der Waals surface area contributed by atoms with E-state index in [2.05, 4.69) is 5.32 Å². The lowest BCUT2D eigenvalue weighted by molar-refractivity contribution is -0.140. The number of sulfonamides is 1. The quantitative estimate of drug-likeness (QED) is 0.154. The van der Waals surface area contributed by atoms with E-state index in [9.17, 15) is 18.0 Å². The van der Waals surface area contributed by atoms with Crippen LogP contribution >= 0.6 is 23.2 Å². The highest BCUT2D eigenvalue weighted by Gasteiger charge is 2.33. The van der Waals surface area contributed by atoms with Gasteiger partial charge in [0.1, 0.15) is 24.9 Å². The molecule has 11 heteroatoms. The predicted molar refractivity (Wildman–Crippen MR) is 184 cm³/mol. The fourth-order valence-corrected chi connectivity index (χ4v) is 5.99. The average Bonchev–Trinajstić information content (AvgIpc) is 3.05. The fraction of sp³-hybridized carbons (Fsp3) is 0.257. The van der Waals surface area contributed by atoms with Crippen LogP contribution in [0, 0.1) is 0 Å². The molecule has 0 fully saturated rings. The van der Waals surface area contributed by atoms with Crippen molar-refractivity contribution >= 4 is 50.7 Å². The molecule has 0 aliphatic rings. The largest absolute Gasteiger partial charge is 0.489 e. The number of hydrogen-bond acceptors (Lipinski definition) is 5. The van der Waals surface area contributed by atoms with Gasteiger partial charge >= 0.3 is 0 Å². The van der Waals surface area contributed by atoms with E-state index in [-0.39, 0.29) is 24.6 Å². The molecule has 0 unspecified atom stereocenters. The van der Waals surface area contributed by atoms with Crippen molar-refractivity contribution in [2.45, 2.75) is 39.0 Å². The molecular weight excluding hydrogens is 645 g/mol. The summed E-state index contributed by atoms with van der Waals surface area (Å²) in [7, 11) is -3.91. The number of halogens is 2. The number of carbonyl (C=O) groups excluding carboxylic acids is 2. The lowest BCUT2D eigenvalue weighted by Gasteiger charge is -2.33. The van der Waals surface area contributed by atoms with E-state index >= 15 is 0 Å². The highest BCUT2D eigenvalue weighted by atomic mass is 35.5. The van der Waals surface area contributed by atoms with Crippen molar-refractivity contribution < 1.29 is 22.7 Å². The molecular formula is C35H37Cl2N3O5S. The van der Waals surface area contributed by atoms with Crippen LogP contribution in [0.4, 0.5) is 5.69 Å². The van der Waals surface area contributed by atoms with Crippen LogP contribution in [0.15, 0.2) is 103 Å². The molecule has 8 nitrogen and oxygen atoms in total. The summed E-state index contributed by atoms with van der Waals surface area (Å²) < 4.78 is 33.0. The van der Waals surface area contributed by atoms with Crippen LogP contribution in [0.2, 0.25) is 10.0 Å². The van der Waals surface area contributed by atoms with E-state index in [0.717, 1.165) is 21.7 Å². The molecule has 4 rings (SSSR count). The summed E-state index contributed by atoms with van der Waals surface area (Å²) in [5.41, 5.74) is 2.75. The number of ether oxygens (including phenoxy) is 1. The maximum Gasteiger partial charge on any atom is 0.244 e. The average molecular weight is 683 g/mol. The molecule has 242 valence electrons. The number of hydrogen-bond donors (Lipinski definition) is 1. The van der Waals surface area contributed by atoms with Crippen molar-refractivity contribution in [3.05, 3.63) is 130 Å². The second kappa shape index (κ2) is 16.5. The van der Waals surface area contributed by atoms with Crippen LogP contribution in [-0.4, -0.2) is 50.5 Å². The Bertz CT molecular complexity index is 1710. The first-order chi connectivity index (χ1) is 22.0. The Morgan fingerprint density at radius 3 is 2.04 bits per heavy atom. The van der Waals surface area contributed by atoms with Gasteiger partial charge in [-0.1, -0.05) is 96.9 Å². The predicted octanol–water partition coefficient (Wildman–Crippen LogP) is 6.50. The summed E-state index contributed by atoms with van der Waals surface area (Å²) in [4.78, 5) is 29.3. The number of nitrogens with one attached hydrogen (secondary N) is 1. The van der Waals surface area contributed by atoms with Gasteiger partial charge in [-0.3, -0.25) is 13.9 Å². The number of benzene rings is 4. The third-order valence-corrected chi connectivity index (χ3v) is 9.09. The van der Waals surface area contributed by atoms with Crippen LogP contribution in [0.1, 0.15) is 30.0 Å². The molecule has 46 heavy (non-hydrogen) atoms. The Kier molecular flexibility index (Phi) is 12.5. The van der Waals surface area contributed by atoms with Gasteiger partial charge in [-0.15, -0.1) is 0 Å². The van der Waals surface area contributed by atoms with Gasteiger partial charge in [0, 0.05) is 19.5 Å². The standard InChI is InChI=1S/C35H37Cl2N3O5S/c1-3-20-38-35(42)33(22-26-10-6-4-7-11-26)39(23-28-14-19-31(36)32(37)21-28)34(41)24-40(46(2,43)44)29-15-17-30(18-16-29)45-25-27-12-8-5-9-13-27/h4-19,21,33H,3,20,22-25H2,1-2H3,(H,38,42)/t33-/m0/s1. The summed E-state index contributed by atoms with van der Waals surface area (Å²) in [6, 6.07) is 29.6. The maximum atomic E-state index is 14.2. The second-order valence-electron chi connectivity index (χ2n) is 10.8. The molecule has 0 spiro atoms. The summed E-state index contributed by atoms with van der Waals surface area (Å²) >= 11 is 12.4. The van der Waals surface area contributed by atoms with E-state index in [4.69, 9.17) is 27.9 Å². The first-order valence-electron chi connectivity index (χ1n) is 14.8. The normalized spacial score (nSPS) is 11.8. The molecule has 1 atom stereocenters. The first kappa shape index (κ1) is 34.8. The van der Waals surface area contributed by atoms with Gasteiger partial charge in [-0.2, -0.15) is 0 Å². The molecule has 0 saturated heterocycles. The van der Waals surface area contributed by atoms with Gasteiger partial charge in [0.25, 0.3) is 0 Å². The van der Waals surface area contributed by atoms with Crippen molar-refractivity contribution in [2.75, 3.05) is 23.7 Å². The zero-order chi connectivity index (χ0) is 33.1. The SMILES string of the molecule is CCCNC(=O)[C@H](Cc1ccccc1)N(Cc1ccc(Cl)c(Cl)c1)C(=O)CN(c1ccc(OCc2ccccc2)cc1)S(C)(=O)=O. The van der Waals surface area contributed by atoms with Crippen molar-refractivity contribution in [3.63, 3.8) is 0 Å². The third-order valence-electron chi connectivity index (χ3n) is 7.21. The zero-order valence-corrected chi connectivity index (χ0v) is 28.1. The second-order valence-corrected chi connectivity index (χ2v) is 13.5. The molecule has 4 aromatic carbocycles. The first-order valence-corrected chi connectivity index (χ1v) is 17.4. The van der Waals surface area contributed by atoms with Gasteiger partial charge in [0.2, 0.25) is 21.8 Å². The molecule has 0 radical (unpaired) electrons. The number of rotatable bonds is 15. The minimum atomic E-state index is -3.91. The molecule has 0 aromatic heterocycles. The van der Waals surface area contributed by atoms with Crippen molar-refractivity contribution in [2.24, 2.45) is 0 Å². The monoisotopic (exact) mass is 681 g/mol. The topological polar surface area (TPSA) is 96.0 Å². The van der Waals surface area contributed by atoms with Crippen molar-refractivity contribution in [3.8, 4) is 5.75 Å². The Hall–Kier alpha value is -4.05. The van der Waals surface area contributed by atoms with Crippen molar-refractivity contribution in [1.29, 1.82) is 0 Å². The number of amides is 2. The van der Waals surface area contributed by atoms with Gasteiger partial charge < -0.3 is 15.0 Å². The summed E-state index contributed by atoms with van der Waals surface area (Å²) in [5.74, 6) is -0.359. The van der Waals surface area contributed by atoms with Gasteiger partial charge in [0.15, 0.2) is 0 Å². The molecule has 0 aliphatic heterocycles. The Morgan fingerprint density at radius 2 is 1.46 bits per heavy atom. The smallest absolute Gasteiger partial charge is 0.244 e. The summed E-state index contributed by atoms with van der Waals surface area (Å²) in [6.07, 6.45) is 1.96. The van der Waals surface area contributed by atoms with E-state index in [0.29, 0.717) is 40.9 Å². The summed E-state index contributed by atoms with van der Waals surface area (Å²) in [6.45, 7) is 2.18. The van der Waals surface area contributed by atoms with Crippen LogP contribution < -0.4 is 14.4 Å².